The van der Waals surface area contributed by atoms with Crippen molar-refractivity contribution >= 4 is 17.3 Å². The van der Waals surface area contributed by atoms with Gasteiger partial charge < -0.3 is 10.6 Å². The third-order valence-corrected chi connectivity index (χ3v) is 4.35. The molecule has 0 saturated carbocycles. The van der Waals surface area contributed by atoms with Crippen LogP contribution in [-0.4, -0.2) is 10.9 Å². The van der Waals surface area contributed by atoms with E-state index < -0.39 is 0 Å². The van der Waals surface area contributed by atoms with Crippen LogP contribution in [0.2, 0.25) is 0 Å². The van der Waals surface area contributed by atoms with E-state index in [0.29, 0.717) is 12.1 Å². The van der Waals surface area contributed by atoms with Crippen molar-refractivity contribution in [3.8, 4) is 0 Å². The molecule has 0 spiro atoms. The quantitative estimate of drug-likeness (QED) is 0.655. The smallest absolute Gasteiger partial charge is 0.257 e. The molecule has 2 aromatic carbocycles. The number of nitrogens with zero attached hydrogens (tertiary/aromatic N) is 1. The van der Waals surface area contributed by atoms with Gasteiger partial charge in [-0.15, -0.1) is 0 Å². The number of rotatable bonds is 5. The summed E-state index contributed by atoms with van der Waals surface area (Å²) in [5.74, 6) is -0.172. The SMILES string of the molecule is CC(C)(C)c1ccc(NC(=O)c2cncc(NCc3ccccc3)c2)cc1. The number of amides is 1. The molecule has 138 valence electrons. The highest BCUT2D eigenvalue weighted by molar-refractivity contribution is 6.04. The molecule has 4 nitrogen and oxygen atoms in total. The van der Waals surface area contributed by atoms with Gasteiger partial charge in [0, 0.05) is 24.6 Å². The minimum absolute atomic E-state index is 0.0885. The van der Waals surface area contributed by atoms with Crippen molar-refractivity contribution in [1.29, 1.82) is 0 Å². The van der Waals surface area contributed by atoms with Gasteiger partial charge >= 0.3 is 0 Å². The van der Waals surface area contributed by atoms with Crippen molar-refractivity contribution in [2.75, 3.05) is 10.6 Å². The van der Waals surface area contributed by atoms with Gasteiger partial charge in [0.25, 0.3) is 5.91 Å². The van der Waals surface area contributed by atoms with Gasteiger partial charge in [0.05, 0.1) is 11.3 Å². The number of carbonyl (C=O) groups is 1. The lowest BCUT2D eigenvalue weighted by atomic mass is 9.87. The van der Waals surface area contributed by atoms with E-state index in [2.05, 4.69) is 48.5 Å². The van der Waals surface area contributed by atoms with E-state index in [1.165, 1.54) is 11.1 Å². The summed E-state index contributed by atoms with van der Waals surface area (Å²) in [7, 11) is 0. The molecular formula is C23H25N3O. The van der Waals surface area contributed by atoms with Gasteiger partial charge in [-0.25, -0.2) is 0 Å². The van der Waals surface area contributed by atoms with E-state index in [1.807, 2.05) is 48.5 Å². The number of hydrogen-bond donors (Lipinski definition) is 2. The number of benzene rings is 2. The fourth-order valence-electron chi connectivity index (χ4n) is 2.72. The second-order valence-corrected chi connectivity index (χ2v) is 7.58. The van der Waals surface area contributed by atoms with Gasteiger partial charge in [-0.3, -0.25) is 9.78 Å². The van der Waals surface area contributed by atoms with Crippen LogP contribution < -0.4 is 10.6 Å². The first-order chi connectivity index (χ1) is 12.9. The number of aromatic nitrogens is 1. The maximum Gasteiger partial charge on any atom is 0.257 e. The van der Waals surface area contributed by atoms with Crippen molar-refractivity contribution in [1.82, 2.24) is 4.98 Å². The number of pyridine rings is 1. The Balaban J connectivity index is 1.64. The topological polar surface area (TPSA) is 54.0 Å². The predicted octanol–water partition coefficient (Wildman–Crippen LogP) is 5.24. The Bertz CT molecular complexity index is 897. The van der Waals surface area contributed by atoms with Gasteiger partial charge in [0.2, 0.25) is 0 Å². The number of nitrogens with one attached hydrogen (secondary N) is 2. The number of carbonyl (C=O) groups excluding carboxylic acids is 1. The molecule has 3 rings (SSSR count). The van der Waals surface area contributed by atoms with Crippen LogP contribution in [0.4, 0.5) is 11.4 Å². The average molecular weight is 359 g/mol. The van der Waals surface area contributed by atoms with Crippen LogP contribution in [0.1, 0.15) is 42.3 Å². The highest BCUT2D eigenvalue weighted by Crippen LogP contribution is 2.23. The summed E-state index contributed by atoms with van der Waals surface area (Å²) in [5.41, 5.74) is 4.60. The summed E-state index contributed by atoms with van der Waals surface area (Å²) >= 11 is 0. The predicted molar refractivity (Wildman–Crippen MR) is 111 cm³/mol. The Labute approximate surface area is 160 Å². The van der Waals surface area contributed by atoms with E-state index in [1.54, 1.807) is 12.4 Å². The van der Waals surface area contributed by atoms with Gasteiger partial charge in [-0.2, -0.15) is 0 Å². The molecule has 4 heteroatoms. The van der Waals surface area contributed by atoms with Gasteiger partial charge in [-0.1, -0.05) is 63.2 Å². The molecule has 0 radical (unpaired) electrons. The molecule has 0 unspecified atom stereocenters. The third kappa shape index (κ3) is 5.17. The number of anilines is 2. The van der Waals surface area contributed by atoms with Gasteiger partial charge in [0.15, 0.2) is 0 Å². The van der Waals surface area contributed by atoms with Crippen molar-refractivity contribution in [3.63, 3.8) is 0 Å². The number of hydrogen-bond acceptors (Lipinski definition) is 3. The minimum Gasteiger partial charge on any atom is -0.380 e. The Morgan fingerprint density at radius 3 is 2.30 bits per heavy atom. The van der Waals surface area contributed by atoms with Crippen molar-refractivity contribution in [2.24, 2.45) is 0 Å². The fraction of sp³-hybridized carbons (Fsp3) is 0.217. The molecule has 0 fully saturated rings. The molecule has 27 heavy (non-hydrogen) atoms. The molecule has 3 aromatic rings. The van der Waals surface area contributed by atoms with Gasteiger partial charge in [-0.05, 0) is 34.7 Å². The van der Waals surface area contributed by atoms with Crippen molar-refractivity contribution < 1.29 is 4.79 Å². The molecule has 0 aliphatic heterocycles. The molecule has 0 aliphatic carbocycles. The molecule has 1 amide bonds. The molecule has 0 atom stereocenters. The van der Waals surface area contributed by atoms with E-state index in [9.17, 15) is 4.79 Å². The van der Waals surface area contributed by atoms with E-state index in [0.717, 1.165) is 11.4 Å². The summed E-state index contributed by atoms with van der Waals surface area (Å²) in [6.07, 6.45) is 3.30. The molecule has 0 bridgehead atoms. The van der Waals surface area contributed by atoms with Crippen LogP contribution in [0.3, 0.4) is 0 Å². The van der Waals surface area contributed by atoms with Crippen LogP contribution in [0.25, 0.3) is 0 Å². The summed E-state index contributed by atoms with van der Waals surface area (Å²) in [6.45, 7) is 7.18. The largest absolute Gasteiger partial charge is 0.380 e. The van der Waals surface area contributed by atoms with E-state index in [4.69, 9.17) is 0 Å². The second-order valence-electron chi connectivity index (χ2n) is 7.58. The lowest BCUT2D eigenvalue weighted by molar-refractivity contribution is 0.102. The van der Waals surface area contributed by atoms with Crippen LogP contribution in [-0.2, 0) is 12.0 Å². The van der Waals surface area contributed by atoms with Gasteiger partial charge in [0.1, 0.15) is 0 Å². The maximum atomic E-state index is 12.5. The Morgan fingerprint density at radius 1 is 0.926 bits per heavy atom. The third-order valence-electron chi connectivity index (χ3n) is 4.35. The summed E-state index contributed by atoms with van der Waals surface area (Å²) in [6, 6.07) is 19.9. The molecule has 0 saturated heterocycles. The standard InChI is InChI=1S/C23H25N3O/c1-23(2,3)19-9-11-20(12-10-19)26-22(27)18-13-21(16-24-15-18)25-14-17-7-5-4-6-8-17/h4-13,15-16,25H,14H2,1-3H3,(H,26,27). The maximum absolute atomic E-state index is 12.5. The lowest BCUT2D eigenvalue weighted by Gasteiger charge is -2.19. The Kier molecular flexibility index (Phi) is 5.55. The summed E-state index contributed by atoms with van der Waals surface area (Å²) in [4.78, 5) is 16.7. The van der Waals surface area contributed by atoms with E-state index >= 15 is 0 Å². The molecule has 1 heterocycles. The zero-order valence-electron chi connectivity index (χ0n) is 16.0. The Hall–Kier alpha value is -3.14. The summed E-state index contributed by atoms with van der Waals surface area (Å²) in [5, 5.41) is 6.23. The molecule has 0 aliphatic rings. The van der Waals surface area contributed by atoms with E-state index in [-0.39, 0.29) is 11.3 Å². The summed E-state index contributed by atoms with van der Waals surface area (Å²) < 4.78 is 0. The molecule has 2 N–H and O–H groups in total. The van der Waals surface area contributed by atoms with Crippen LogP contribution in [0.5, 0.6) is 0 Å². The normalized spacial score (nSPS) is 11.1. The van der Waals surface area contributed by atoms with Crippen LogP contribution in [0.15, 0.2) is 73.1 Å². The zero-order chi connectivity index (χ0) is 19.3. The molecular weight excluding hydrogens is 334 g/mol. The van der Waals surface area contributed by atoms with Crippen LogP contribution in [0, 0.1) is 0 Å². The zero-order valence-corrected chi connectivity index (χ0v) is 16.0. The highest BCUT2D eigenvalue weighted by Gasteiger charge is 2.13. The van der Waals surface area contributed by atoms with Crippen molar-refractivity contribution in [3.05, 3.63) is 89.7 Å². The first-order valence-electron chi connectivity index (χ1n) is 9.06. The van der Waals surface area contributed by atoms with Crippen molar-refractivity contribution in [2.45, 2.75) is 32.7 Å². The Morgan fingerprint density at radius 2 is 1.63 bits per heavy atom. The lowest BCUT2D eigenvalue weighted by Crippen LogP contribution is -2.14. The monoisotopic (exact) mass is 359 g/mol. The highest BCUT2D eigenvalue weighted by atomic mass is 16.1. The fourth-order valence-corrected chi connectivity index (χ4v) is 2.72. The molecule has 1 aromatic heterocycles. The first-order valence-corrected chi connectivity index (χ1v) is 9.06. The van der Waals surface area contributed by atoms with Crippen LogP contribution >= 0.6 is 0 Å². The first kappa shape index (κ1) is 18.6. The second kappa shape index (κ2) is 8.04. The minimum atomic E-state index is -0.172. The average Bonchev–Trinajstić information content (AvgIpc) is 2.67.